The van der Waals surface area contributed by atoms with E-state index >= 15 is 0 Å². The summed E-state index contributed by atoms with van der Waals surface area (Å²) in [7, 11) is -2.94. The van der Waals surface area contributed by atoms with Crippen molar-refractivity contribution in [2.75, 3.05) is 44.8 Å². The maximum Gasteiger partial charge on any atom is 0.309 e. The minimum atomic E-state index is -2.94. The van der Waals surface area contributed by atoms with Crippen LogP contribution in [0.4, 0.5) is 0 Å². The van der Waals surface area contributed by atoms with Gasteiger partial charge in [-0.25, -0.2) is 8.42 Å². The molecule has 0 saturated carbocycles. The predicted octanol–water partition coefficient (Wildman–Crippen LogP) is 0.662. The predicted molar refractivity (Wildman–Crippen MR) is 91.2 cm³/mol. The molecule has 134 valence electrons. The molecule has 1 heterocycles. The Bertz CT molecular complexity index is 497. The highest BCUT2D eigenvalue weighted by Crippen LogP contribution is 2.18. The van der Waals surface area contributed by atoms with E-state index in [1.807, 2.05) is 13.8 Å². The Kier molecular flexibility index (Phi) is 8.36. The van der Waals surface area contributed by atoms with Gasteiger partial charge in [0, 0.05) is 32.4 Å². The molecule has 0 unspecified atom stereocenters. The molecular weight excluding hydrogens is 318 g/mol. The quantitative estimate of drug-likeness (QED) is 0.315. The maximum atomic E-state index is 11.8. The van der Waals surface area contributed by atoms with E-state index in [4.69, 9.17) is 4.74 Å². The summed E-state index contributed by atoms with van der Waals surface area (Å²) < 4.78 is 27.4. The normalized spacial score (nSPS) is 17.2. The lowest BCUT2D eigenvalue weighted by molar-refractivity contribution is -0.149. The number of piperidine rings is 1. The maximum absolute atomic E-state index is 11.8. The summed E-state index contributed by atoms with van der Waals surface area (Å²) in [6.07, 6.45) is 3.27. The Labute approximate surface area is 139 Å². The van der Waals surface area contributed by atoms with Crippen LogP contribution in [-0.2, 0) is 19.4 Å². The highest BCUT2D eigenvalue weighted by Gasteiger charge is 2.27. The van der Waals surface area contributed by atoms with Crippen molar-refractivity contribution in [2.24, 2.45) is 10.9 Å². The summed E-state index contributed by atoms with van der Waals surface area (Å²) in [5, 5.41) is 3.23. The van der Waals surface area contributed by atoms with E-state index in [0.29, 0.717) is 19.6 Å². The molecular formula is C15H29N3O4S. The Hall–Kier alpha value is -1.31. The molecule has 1 N–H and O–H groups in total. The number of carbonyl (C=O) groups is 1. The van der Waals surface area contributed by atoms with Gasteiger partial charge in [-0.2, -0.15) is 0 Å². The first kappa shape index (κ1) is 19.7. The standard InChI is InChI=1S/C15H29N3O4S/c1-4-16-15(17-9-6-12-23(3,20)21)18-10-7-13(8-11-18)14(19)22-5-2/h13H,4-12H2,1-3H3,(H,16,17). The topological polar surface area (TPSA) is 88.1 Å². The number of nitrogens with one attached hydrogen (secondary N) is 1. The lowest BCUT2D eigenvalue weighted by Crippen LogP contribution is -2.46. The SMILES string of the molecule is CCNC(=NCCCS(C)(=O)=O)N1CCC(C(=O)OCC)CC1. The van der Waals surface area contributed by atoms with Gasteiger partial charge in [0.05, 0.1) is 18.3 Å². The van der Waals surface area contributed by atoms with Crippen LogP contribution in [0.1, 0.15) is 33.1 Å². The van der Waals surface area contributed by atoms with Crippen LogP contribution < -0.4 is 5.32 Å². The molecule has 1 aliphatic rings. The van der Waals surface area contributed by atoms with E-state index in [9.17, 15) is 13.2 Å². The third-order valence-corrected chi connectivity index (χ3v) is 4.71. The molecule has 1 fully saturated rings. The lowest BCUT2D eigenvalue weighted by Gasteiger charge is -2.33. The number of likely N-dealkylation sites (tertiary alicyclic amines) is 1. The minimum Gasteiger partial charge on any atom is -0.466 e. The highest BCUT2D eigenvalue weighted by atomic mass is 32.2. The fourth-order valence-corrected chi connectivity index (χ4v) is 3.18. The van der Waals surface area contributed by atoms with E-state index in [1.165, 1.54) is 6.26 Å². The Morgan fingerprint density at radius 2 is 1.96 bits per heavy atom. The van der Waals surface area contributed by atoms with E-state index in [2.05, 4.69) is 15.2 Å². The van der Waals surface area contributed by atoms with Crippen LogP contribution in [0, 0.1) is 5.92 Å². The molecule has 0 spiro atoms. The van der Waals surface area contributed by atoms with Crippen molar-refractivity contribution in [3.8, 4) is 0 Å². The zero-order chi connectivity index (χ0) is 17.3. The van der Waals surface area contributed by atoms with Crippen LogP contribution >= 0.6 is 0 Å². The fraction of sp³-hybridized carbons (Fsp3) is 0.867. The van der Waals surface area contributed by atoms with E-state index in [1.54, 1.807) is 0 Å². The van der Waals surface area contributed by atoms with Gasteiger partial charge in [0.2, 0.25) is 0 Å². The molecule has 0 bridgehead atoms. The first-order chi connectivity index (χ1) is 10.9. The fourth-order valence-electron chi connectivity index (χ4n) is 2.52. The smallest absolute Gasteiger partial charge is 0.309 e. The first-order valence-corrected chi connectivity index (χ1v) is 10.3. The van der Waals surface area contributed by atoms with Gasteiger partial charge in [-0.15, -0.1) is 0 Å². The van der Waals surface area contributed by atoms with Crippen LogP contribution in [0.5, 0.6) is 0 Å². The zero-order valence-corrected chi connectivity index (χ0v) is 15.2. The van der Waals surface area contributed by atoms with Crippen molar-refractivity contribution in [3.63, 3.8) is 0 Å². The van der Waals surface area contributed by atoms with Crippen molar-refractivity contribution < 1.29 is 17.9 Å². The van der Waals surface area contributed by atoms with Gasteiger partial charge in [0.25, 0.3) is 0 Å². The Morgan fingerprint density at radius 3 is 2.48 bits per heavy atom. The molecule has 0 aromatic rings. The average molecular weight is 347 g/mol. The molecule has 0 amide bonds. The summed E-state index contributed by atoms with van der Waals surface area (Å²) in [5.41, 5.74) is 0. The van der Waals surface area contributed by atoms with Crippen molar-refractivity contribution in [2.45, 2.75) is 33.1 Å². The Balaban J connectivity index is 2.50. The van der Waals surface area contributed by atoms with Gasteiger partial charge < -0.3 is 15.0 Å². The molecule has 0 radical (unpaired) electrons. The summed E-state index contributed by atoms with van der Waals surface area (Å²) >= 11 is 0. The van der Waals surface area contributed by atoms with E-state index in [0.717, 1.165) is 38.4 Å². The number of nitrogens with zero attached hydrogens (tertiary/aromatic N) is 2. The lowest BCUT2D eigenvalue weighted by atomic mass is 9.97. The number of carbonyl (C=O) groups excluding carboxylic acids is 1. The molecule has 0 aliphatic carbocycles. The van der Waals surface area contributed by atoms with Crippen LogP contribution in [0.2, 0.25) is 0 Å². The van der Waals surface area contributed by atoms with Crippen LogP contribution in [0.15, 0.2) is 4.99 Å². The first-order valence-electron chi connectivity index (χ1n) is 8.25. The monoisotopic (exact) mass is 347 g/mol. The summed E-state index contributed by atoms with van der Waals surface area (Å²) in [5.74, 6) is 0.811. The van der Waals surface area contributed by atoms with Crippen molar-refractivity contribution in [1.82, 2.24) is 10.2 Å². The van der Waals surface area contributed by atoms with E-state index < -0.39 is 9.84 Å². The average Bonchev–Trinajstić information content (AvgIpc) is 2.50. The summed E-state index contributed by atoms with van der Waals surface area (Å²) in [6.45, 7) is 6.97. The van der Waals surface area contributed by atoms with Crippen LogP contribution in [0.25, 0.3) is 0 Å². The van der Waals surface area contributed by atoms with Crippen molar-refractivity contribution in [3.05, 3.63) is 0 Å². The van der Waals surface area contributed by atoms with Gasteiger partial charge in [0.15, 0.2) is 5.96 Å². The van der Waals surface area contributed by atoms with Gasteiger partial charge in [-0.1, -0.05) is 0 Å². The number of aliphatic imine (C=N–C) groups is 1. The molecule has 1 aliphatic heterocycles. The molecule has 8 heteroatoms. The number of ether oxygens (including phenoxy) is 1. The second-order valence-corrected chi connectivity index (χ2v) is 7.99. The third kappa shape index (κ3) is 7.67. The molecule has 0 aromatic heterocycles. The van der Waals surface area contributed by atoms with E-state index in [-0.39, 0.29) is 17.6 Å². The molecule has 0 aromatic carbocycles. The number of sulfone groups is 1. The molecule has 0 atom stereocenters. The molecule has 1 rings (SSSR count). The number of guanidine groups is 1. The van der Waals surface area contributed by atoms with Crippen molar-refractivity contribution in [1.29, 1.82) is 0 Å². The van der Waals surface area contributed by atoms with Crippen molar-refractivity contribution >= 4 is 21.8 Å². The summed E-state index contributed by atoms with van der Waals surface area (Å²) in [6, 6.07) is 0. The highest BCUT2D eigenvalue weighted by molar-refractivity contribution is 7.90. The van der Waals surface area contributed by atoms with Gasteiger partial charge in [0.1, 0.15) is 9.84 Å². The van der Waals surface area contributed by atoms with Gasteiger partial charge >= 0.3 is 5.97 Å². The third-order valence-electron chi connectivity index (χ3n) is 3.68. The minimum absolute atomic E-state index is 0.0284. The Morgan fingerprint density at radius 1 is 1.30 bits per heavy atom. The van der Waals surface area contributed by atoms with Crippen LogP contribution in [-0.4, -0.2) is 70.0 Å². The second-order valence-electron chi connectivity index (χ2n) is 5.73. The molecule has 23 heavy (non-hydrogen) atoms. The number of esters is 1. The summed E-state index contributed by atoms with van der Waals surface area (Å²) in [4.78, 5) is 18.4. The second kappa shape index (κ2) is 9.75. The number of hydrogen-bond acceptors (Lipinski definition) is 5. The number of hydrogen-bond donors (Lipinski definition) is 1. The molecule has 1 saturated heterocycles. The van der Waals surface area contributed by atoms with Crippen LogP contribution in [0.3, 0.4) is 0 Å². The number of rotatable bonds is 7. The van der Waals surface area contributed by atoms with Gasteiger partial charge in [-0.3, -0.25) is 9.79 Å². The van der Waals surface area contributed by atoms with Gasteiger partial charge in [-0.05, 0) is 33.1 Å². The molecule has 7 nitrogen and oxygen atoms in total. The zero-order valence-electron chi connectivity index (χ0n) is 14.4. The largest absolute Gasteiger partial charge is 0.466 e.